The maximum absolute atomic E-state index is 13.0. The highest BCUT2D eigenvalue weighted by atomic mass is 32.2. The van der Waals surface area contributed by atoms with Crippen LogP contribution in [0, 0.1) is 13.8 Å². The van der Waals surface area contributed by atoms with Crippen LogP contribution in [0.5, 0.6) is 0 Å². The number of aryl methyl sites for hydroxylation is 2. The van der Waals surface area contributed by atoms with Crippen molar-refractivity contribution >= 4 is 28.4 Å². The molecular formula is C22H26N2OS. The lowest BCUT2D eigenvalue weighted by molar-refractivity contribution is 0.100. The summed E-state index contributed by atoms with van der Waals surface area (Å²) >= 11 is 1.75. The van der Waals surface area contributed by atoms with Crippen molar-refractivity contribution in [2.45, 2.75) is 33.6 Å². The first-order valence-corrected chi connectivity index (χ1v) is 10.2. The molecule has 0 spiro atoms. The SMILES string of the molecule is CCc1ccc(C(=O)CN(C2=NCCCS2)c2cccc(C)c2C)cc1. The molecule has 3 rings (SSSR count). The van der Waals surface area contributed by atoms with Crippen LogP contribution in [-0.2, 0) is 6.42 Å². The molecule has 0 N–H and O–H groups in total. The zero-order valence-corrected chi connectivity index (χ0v) is 16.6. The smallest absolute Gasteiger partial charge is 0.182 e. The number of carbonyl (C=O) groups excluding carboxylic acids is 1. The lowest BCUT2D eigenvalue weighted by Gasteiger charge is -2.29. The Bertz CT molecular complexity index is 811. The minimum Gasteiger partial charge on any atom is -0.313 e. The number of aliphatic imine (C=N–C) groups is 1. The van der Waals surface area contributed by atoms with Crippen LogP contribution in [0.3, 0.4) is 0 Å². The normalized spacial score (nSPS) is 14.0. The second-order valence-corrected chi connectivity index (χ2v) is 7.71. The molecule has 2 aromatic carbocycles. The van der Waals surface area contributed by atoms with Gasteiger partial charge in [0.25, 0.3) is 0 Å². The fraction of sp³-hybridized carbons (Fsp3) is 0.364. The first-order valence-electron chi connectivity index (χ1n) is 9.23. The summed E-state index contributed by atoms with van der Waals surface area (Å²) in [5, 5.41) is 0.962. The van der Waals surface area contributed by atoms with Crippen molar-refractivity contribution in [2.75, 3.05) is 23.7 Å². The van der Waals surface area contributed by atoms with Crippen molar-refractivity contribution in [3.63, 3.8) is 0 Å². The molecular weight excluding hydrogens is 340 g/mol. The Morgan fingerprint density at radius 2 is 1.92 bits per heavy atom. The van der Waals surface area contributed by atoms with E-state index in [-0.39, 0.29) is 5.78 Å². The van der Waals surface area contributed by atoms with E-state index in [9.17, 15) is 4.79 Å². The van der Waals surface area contributed by atoms with Gasteiger partial charge in [-0.05, 0) is 49.4 Å². The lowest BCUT2D eigenvalue weighted by atomic mass is 10.0. The molecule has 0 aromatic heterocycles. The monoisotopic (exact) mass is 366 g/mol. The number of hydrogen-bond donors (Lipinski definition) is 0. The van der Waals surface area contributed by atoms with Gasteiger partial charge in [0.1, 0.15) is 0 Å². The molecule has 4 heteroatoms. The van der Waals surface area contributed by atoms with Gasteiger partial charge in [-0.15, -0.1) is 0 Å². The number of ketones is 1. The third-order valence-electron chi connectivity index (χ3n) is 4.86. The van der Waals surface area contributed by atoms with Gasteiger partial charge in [0.2, 0.25) is 0 Å². The van der Waals surface area contributed by atoms with E-state index in [0.29, 0.717) is 6.54 Å². The molecule has 136 valence electrons. The van der Waals surface area contributed by atoms with Crippen molar-refractivity contribution in [3.8, 4) is 0 Å². The number of benzene rings is 2. The van der Waals surface area contributed by atoms with Gasteiger partial charge in [-0.2, -0.15) is 0 Å². The number of Topliss-reactive ketones (excluding diaryl/α,β-unsaturated/α-hetero) is 1. The Balaban J connectivity index is 1.91. The summed E-state index contributed by atoms with van der Waals surface area (Å²) in [7, 11) is 0. The molecule has 0 fully saturated rings. The predicted octanol–water partition coefficient (Wildman–Crippen LogP) is 5.05. The molecule has 0 saturated heterocycles. The standard InChI is InChI=1S/C22H26N2OS/c1-4-18-9-11-19(12-10-18)21(25)15-24(22-23-13-6-14-26-22)20-8-5-7-16(2)17(20)3/h5,7-12H,4,6,13-15H2,1-3H3. The molecule has 0 radical (unpaired) electrons. The molecule has 0 unspecified atom stereocenters. The van der Waals surface area contributed by atoms with Crippen LogP contribution in [0.2, 0.25) is 0 Å². The second kappa shape index (κ2) is 8.54. The maximum Gasteiger partial charge on any atom is 0.182 e. The number of carbonyl (C=O) groups is 1. The van der Waals surface area contributed by atoms with Crippen LogP contribution in [0.1, 0.15) is 40.4 Å². The topological polar surface area (TPSA) is 32.7 Å². The molecule has 1 heterocycles. The summed E-state index contributed by atoms with van der Waals surface area (Å²) in [6.45, 7) is 7.51. The van der Waals surface area contributed by atoms with Crippen LogP contribution < -0.4 is 4.90 Å². The molecule has 3 nitrogen and oxygen atoms in total. The van der Waals surface area contributed by atoms with Gasteiger partial charge in [0.05, 0.1) is 6.54 Å². The summed E-state index contributed by atoms with van der Waals surface area (Å²) in [4.78, 5) is 19.8. The fourth-order valence-corrected chi connectivity index (χ4v) is 4.01. The summed E-state index contributed by atoms with van der Waals surface area (Å²) < 4.78 is 0. The van der Waals surface area contributed by atoms with E-state index in [4.69, 9.17) is 4.99 Å². The van der Waals surface area contributed by atoms with Gasteiger partial charge >= 0.3 is 0 Å². The van der Waals surface area contributed by atoms with Crippen LogP contribution in [0.4, 0.5) is 5.69 Å². The van der Waals surface area contributed by atoms with Gasteiger partial charge < -0.3 is 4.90 Å². The van der Waals surface area contributed by atoms with E-state index in [1.54, 1.807) is 11.8 Å². The Kier molecular flexibility index (Phi) is 6.15. The Labute approximate surface area is 160 Å². The maximum atomic E-state index is 13.0. The summed E-state index contributed by atoms with van der Waals surface area (Å²) in [5.41, 5.74) is 5.53. The van der Waals surface area contributed by atoms with Crippen LogP contribution >= 0.6 is 11.8 Å². The average molecular weight is 367 g/mol. The summed E-state index contributed by atoms with van der Waals surface area (Å²) in [5.74, 6) is 1.18. The Hall–Kier alpha value is -2.07. The third kappa shape index (κ3) is 4.18. The number of hydrogen-bond acceptors (Lipinski definition) is 4. The quantitative estimate of drug-likeness (QED) is 0.694. The van der Waals surface area contributed by atoms with E-state index in [1.165, 1.54) is 16.7 Å². The van der Waals surface area contributed by atoms with Crippen molar-refractivity contribution in [1.29, 1.82) is 0 Å². The first kappa shape index (κ1) is 18.7. The molecule has 0 atom stereocenters. The molecule has 0 saturated carbocycles. The Morgan fingerprint density at radius 3 is 2.58 bits per heavy atom. The Morgan fingerprint density at radius 1 is 1.15 bits per heavy atom. The van der Waals surface area contributed by atoms with Crippen LogP contribution in [0.25, 0.3) is 0 Å². The van der Waals surface area contributed by atoms with Gasteiger partial charge in [0.15, 0.2) is 11.0 Å². The average Bonchev–Trinajstić information content (AvgIpc) is 2.69. The van der Waals surface area contributed by atoms with E-state index in [1.807, 2.05) is 24.3 Å². The minimum absolute atomic E-state index is 0.127. The van der Waals surface area contributed by atoms with Gasteiger partial charge in [-0.1, -0.05) is 55.1 Å². The largest absolute Gasteiger partial charge is 0.313 e. The predicted molar refractivity (Wildman–Crippen MR) is 113 cm³/mol. The molecule has 1 aliphatic heterocycles. The number of amidine groups is 1. The zero-order valence-electron chi connectivity index (χ0n) is 15.8. The van der Waals surface area contributed by atoms with Crippen molar-refractivity contribution < 1.29 is 4.79 Å². The number of thioether (sulfide) groups is 1. The van der Waals surface area contributed by atoms with E-state index < -0.39 is 0 Å². The molecule has 0 amide bonds. The van der Waals surface area contributed by atoms with Crippen LogP contribution in [-0.4, -0.2) is 29.8 Å². The molecule has 1 aliphatic rings. The van der Waals surface area contributed by atoms with Crippen molar-refractivity contribution in [3.05, 3.63) is 64.7 Å². The van der Waals surface area contributed by atoms with Gasteiger partial charge in [-0.25, -0.2) is 0 Å². The van der Waals surface area contributed by atoms with Crippen molar-refractivity contribution in [2.24, 2.45) is 4.99 Å². The van der Waals surface area contributed by atoms with E-state index in [2.05, 4.69) is 43.9 Å². The van der Waals surface area contributed by atoms with E-state index in [0.717, 1.165) is 41.6 Å². The molecule has 2 aromatic rings. The molecule has 26 heavy (non-hydrogen) atoms. The summed E-state index contributed by atoms with van der Waals surface area (Å²) in [6.07, 6.45) is 2.08. The van der Waals surface area contributed by atoms with Gasteiger partial charge in [0, 0.05) is 23.5 Å². The number of rotatable bonds is 5. The van der Waals surface area contributed by atoms with Gasteiger partial charge in [-0.3, -0.25) is 9.79 Å². The highest BCUT2D eigenvalue weighted by Gasteiger charge is 2.22. The highest BCUT2D eigenvalue weighted by molar-refractivity contribution is 8.14. The second-order valence-electron chi connectivity index (χ2n) is 6.65. The van der Waals surface area contributed by atoms with Crippen molar-refractivity contribution in [1.82, 2.24) is 0 Å². The fourth-order valence-electron chi connectivity index (χ4n) is 3.06. The lowest BCUT2D eigenvalue weighted by Crippen LogP contribution is -2.36. The summed E-state index contributed by atoms with van der Waals surface area (Å²) in [6, 6.07) is 14.2. The van der Waals surface area contributed by atoms with E-state index >= 15 is 0 Å². The highest BCUT2D eigenvalue weighted by Crippen LogP contribution is 2.28. The molecule has 0 bridgehead atoms. The number of anilines is 1. The third-order valence-corrected chi connectivity index (χ3v) is 5.96. The molecule has 0 aliphatic carbocycles. The van der Waals surface area contributed by atoms with Crippen LogP contribution in [0.15, 0.2) is 47.5 Å². The number of nitrogens with zero attached hydrogens (tertiary/aromatic N) is 2. The first-order chi connectivity index (χ1) is 12.6. The zero-order chi connectivity index (χ0) is 18.5. The minimum atomic E-state index is 0.127.